The summed E-state index contributed by atoms with van der Waals surface area (Å²) < 4.78 is 18.1. The lowest BCUT2D eigenvalue weighted by Gasteiger charge is -2.14. The number of anilines is 1. The Bertz CT molecular complexity index is 465. The van der Waals surface area contributed by atoms with Crippen molar-refractivity contribution in [2.45, 2.75) is 13.0 Å². The van der Waals surface area contributed by atoms with Gasteiger partial charge in [-0.05, 0) is 19.1 Å². The summed E-state index contributed by atoms with van der Waals surface area (Å²) in [5.41, 5.74) is 5.20. The monoisotopic (exact) mass is 255 g/mol. The van der Waals surface area contributed by atoms with E-state index in [-0.39, 0.29) is 5.75 Å². The van der Waals surface area contributed by atoms with Crippen LogP contribution in [0.25, 0.3) is 0 Å². The number of hydrogen-bond donors (Lipinski definition) is 3. The smallest absolute Gasteiger partial charge is 0.318 e. The van der Waals surface area contributed by atoms with Crippen LogP contribution in [0.1, 0.15) is 6.92 Å². The average molecular weight is 255 g/mol. The van der Waals surface area contributed by atoms with Gasteiger partial charge in [0.05, 0.1) is 7.11 Å². The minimum absolute atomic E-state index is 0.106. The number of nitrogens with one attached hydrogen (secondary N) is 2. The number of rotatable bonds is 4. The molecule has 0 aliphatic carbocycles. The predicted octanol–water partition coefficient (Wildman–Crippen LogP) is 0.830. The van der Waals surface area contributed by atoms with E-state index in [0.29, 0.717) is 5.69 Å². The molecule has 0 aliphatic rings. The second-order valence-corrected chi connectivity index (χ2v) is 3.57. The molecule has 4 N–H and O–H groups in total. The summed E-state index contributed by atoms with van der Waals surface area (Å²) in [6, 6.07) is 2.50. The van der Waals surface area contributed by atoms with Gasteiger partial charge in [0.15, 0.2) is 11.6 Å². The van der Waals surface area contributed by atoms with Crippen LogP contribution in [0.2, 0.25) is 0 Å². The second-order valence-electron chi connectivity index (χ2n) is 3.57. The zero-order valence-corrected chi connectivity index (χ0v) is 9.99. The van der Waals surface area contributed by atoms with Crippen molar-refractivity contribution in [2.24, 2.45) is 5.73 Å². The third kappa shape index (κ3) is 3.62. The highest BCUT2D eigenvalue weighted by molar-refractivity contribution is 5.97. The molecule has 6 nitrogen and oxygen atoms in total. The first kappa shape index (κ1) is 13.8. The van der Waals surface area contributed by atoms with Crippen LogP contribution in [0.5, 0.6) is 5.75 Å². The molecule has 0 radical (unpaired) electrons. The highest BCUT2D eigenvalue weighted by Crippen LogP contribution is 2.20. The molecule has 1 atom stereocenters. The Morgan fingerprint density at radius 3 is 2.61 bits per heavy atom. The maximum atomic E-state index is 13.4. The Morgan fingerprint density at radius 2 is 2.11 bits per heavy atom. The largest absolute Gasteiger partial charge is 0.494 e. The lowest BCUT2D eigenvalue weighted by molar-refractivity contribution is -0.120. The van der Waals surface area contributed by atoms with Crippen LogP contribution in [0.15, 0.2) is 18.2 Å². The molecule has 0 bridgehead atoms. The van der Waals surface area contributed by atoms with Crippen molar-refractivity contribution in [3.05, 3.63) is 24.0 Å². The summed E-state index contributed by atoms with van der Waals surface area (Å²) in [5.74, 6) is -1.04. The first-order valence-corrected chi connectivity index (χ1v) is 5.14. The molecule has 18 heavy (non-hydrogen) atoms. The molecule has 0 spiro atoms. The van der Waals surface area contributed by atoms with Crippen LogP contribution in [0.3, 0.4) is 0 Å². The molecule has 0 saturated heterocycles. The van der Waals surface area contributed by atoms with Crippen LogP contribution >= 0.6 is 0 Å². The van der Waals surface area contributed by atoms with Crippen LogP contribution < -0.4 is 21.1 Å². The number of halogens is 1. The number of carbonyl (C=O) groups excluding carboxylic acids is 2. The van der Waals surface area contributed by atoms with E-state index in [1.807, 2.05) is 5.32 Å². The maximum absolute atomic E-state index is 13.4. The zero-order valence-electron chi connectivity index (χ0n) is 9.99. The fourth-order valence-corrected chi connectivity index (χ4v) is 1.30. The standard InChI is InChI=1S/C11H14FN3O3/c1-6(10(16)15-11(13)17)14-7-3-4-9(18-2)8(12)5-7/h3-6,14H,1-2H3,(H3,13,15,16,17). The first-order chi connectivity index (χ1) is 8.43. The van der Waals surface area contributed by atoms with E-state index in [0.717, 1.165) is 0 Å². The molecule has 1 aromatic rings. The molecule has 0 aliphatic heterocycles. The number of carbonyl (C=O) groups is 2. The number of primary amides is 1. The van der Waals surface area contributed by atoms with Crippen molar-refractivity contribution in [1.29, 1.82) is 0 Å². The molecule has 98 valence electrons. The summed E-state index contributed by atoms with van der Waals surface area (Å²) in [4.78, 5) is 21.9. The average Bonchev–Trinajstić information content (AvgIpc) is 2.28. The predicted molar refractivity (Wildman–Crippen MR) is 63.8 cm³/mol. The second kappa shape index (κ2) is 5.85. The first-order valence-electron chi connectivity index (χ1n) is 5.14. The van der Waals surface area contributed by atoms with Gasteiger partial charge in [0.2, 0.25) is 5.91 Å². The van der Waals surface area contributed by atoms with Crippen molar-refractivity contribution in [2.75, 3.05) is 12.4 Å². The molecule has 0 aromatic heterocycles. The van der Waals surface area contributed by atoms with Crippen molar-refractivity contribution in [3.8, 4) is 5.75 Å². The Labute approximate surface area is 103 Å². The van der Waals surface area contributed by atoms with E-state index in [2.05, 4.69) is 5.32 Å². The van der Waals surface area contributed by atoms with Crippen LogP contribution in [-0.2, 0) is 4.79 Å². The molecule has 3 amide bonds. The number of methoxy groups -OCH3 is 1. The number of nitrogens with two attached hydrogens (primary N) is 1. The number of amides is 3. The molecular weight excluding hydrogens is 241 g/mol. The topological polar surface area (TPSA) is 93.4 Å². The summed E-state index contributed by atoms with van der Waals surface area (Å²) in [6.45, 7) is 1.51. The van der Waals surface area contributed by atoms with Crippen LogP contribution in [0, 0.1) is 5.82 Å². The van der Waals surface area contributed by atoms with Crippen molar-refractivity contribution in [3.63, 3.8) is 0 Å². The molecule has 0 fully saturated rings. The van der Waals surface area contributed by atoms with Crippen LogP contribution in [0.4, 0.5) is 14.9 Å². The number of benzene rings is 1. The summed E-state index contributed by atoms with van der Waals surface area (Å²) in [7, 11) is 1.36. The Hall–Kier alpha value is -2.31. The van der Waals surface area contributed by atoms with E-state index in [4.69, 9.17) is 10.5 Å². The molecule has 1 unspecified atom stereocenters. The molecule has 7 heteroatoms. The van der Waals surface area contributed by atoms with Crippen molar-refractivity contribution < 1.29 is 18.7 Å². The van der Waals surface area contributed by atoms with Crippen LogP contribution in [-0.4, -0.2) is 25.1 Å². The van der Waals surface area contributed by atoms with Gasteiger partial charge in [-0.25, -0.2) is 9.18 Å². The van der Waals surface area contributed by atoms with Gasteiger partial charge in [-0.3, -0.25) is 10.1 Å². The summed E-state index contributed by atoms with van der Waals surface area (Å²) in [6.07, 6.45) is 0. The summed E-state index contributed by atoms with van der Waals surface area (Å²) in [5, 5.41) is 4.64. The summed E-state index contributed by atoms with van der Waals surface area (Å²) >= 11 is 0. The number of hydrogen-bond acceptors (Lipinski definition) is 4. The third-order valence-electron chi connectivity index (χ3n) is 2.17. The van der Waals surface area contributed by atoms with Gasteiger partial charge in [-0.1, -0.05) is 0 Å². The van der Waals surface area contributed by atoms with E-state index in [1.54, 1.807) is 6.07 Å². The lowest BCUT2D eigenvalue weighted by Crippen LogP contribution is -2.43. The molecular formula is C11H14FN3O3. The van der Waals surface area contributed by atoms with Crippen molar-refractivity contribution in [1.82, 2.24) is 5.32 Å². The lowest BCUT2D eigenvalue weighted by atomic mass is 10.2. The van der Waals surface area contributed by atoms with E-state index in [1.165, 1.54) is 26.2 Å². The highest BCUT2D eigenvalue weighted by atomic mass is 19.1. The number of imide groups is 1. The fraction of sp³-hybridized carbons (Fsp3) is 0.273. The van der Waals surface area contributed by atoms with Gasteiger partial charge in [-0.15, -0.1) is 0 Å². The molecule has 0 saturated carbocycles. The minimum atomic E-state index is -0.936. The molecule has 0 heterocycles. The quantitative estimate of drug-likeness (QED) is 0.742. The SMILES string of the molecule is COc1ccc(NC(C)C(=O)NC(N)=O)cc1F. The third-order valence-corrected chi connectivity index (χ3v) is 2.17. The fourth-order valence-electron chi connectivity index (χ4n) is 1.30. The van der Waals surface area contributed by atoms with Gasteiger partial charge < -0.3 is 15.8 Å². The van der Waals surface area contributed by atoms with Gasteiger partial charge in [0.25, 0.3) is 0 Å². The number of urea groups is 1. The zero-order chi connectivity index (χ0) is 13.7. The molecule has 1 rings (SSSR count). The minimum Gasteiger partial charge on any atom is -0.494 e. The normalized spacial score (nSPS) is 11.5. The Kier molecular flexibility index (Phi) is 4.47. The molecule has 1 aromatic carbocycles. The van der Waals surface area contributed by atoms with Gasteiger partial charge in [0.1, 0.15) is 6.04 Å². The number of ether oxygens (including phenoxy) is 1. The van der Waals surface area contributed by atoms with Gasteiger partial charge in [0, 0.05) is 11.8 Å². The van der Waals surface area contributed by atoms with Gasteiger partial charge in [-0.2, -0.15) is 0 Å². The van der Waals surface area contributed by atoms with E-state index < -0.39 is 23.8 Å². The van der Waals surface area contributed by atoms with E-state index in [9.17, 15) is 14.0 Å². The van der Waals surface area contributed by atoms with Crippen molar-refractivity contribution >= 4 is 17.6 Å². The highest BCUT2D eigenvalue weighted by Gasteiger charge is 2.14. The van der Waals surface area contributed by atoms with Gasteiger partial charge >= 0.3 is 6.03 Å². The van der Waals surface area contributed by atoms with E-state index >= 15 is 0 Å². The Morgan fingerprint density at radius 1 is 1.44 bits per heavy atom. The Balaban J connectivity index is 2.70. The maximum Gasteiger partial charge on any atom is 0.318 e.